The largest absolute Gasteiger partial charge is 0.461 e. The van der Waals surface area contributed by atoms with Crippen LogP contribution in [0.15, 0.2) is 24.3 Å². The summed E-state index contributed by atoms with van der Waals surface area (Å²) in [6.45, 7) is 17.9. The summed E-state index contributed by atoms with van der Waals surface area (Å²) in [6.07, 6.45) is -4.28. The van der Waals surface area contributed by atoms with Crippen molar-refractivity contribution < 1.29 is 57.4 Å². The van der Waals surface area contributed by atoms with Gasteiger partial charge in [-0.1, -0.05) is 58.4 Å². The first-order valence-corrected chi connectivity index (χ1v) is 22.2. The van der Waals surface area contributed by atoms with Gasteiger partial charge in [0, 0.05) is 49.1 Å². The zero-order valence-electron chi connectivity index (χ0n) is 37.4. The quantitative estimate of drug-likeness (QED) is 0.209. The average molecular weight is 866 g/mol. The lowest BCUT2D eigenvalue weighted by atomic mass is 9.73. The number of hydrogen-bond donors (Lipinski definition) is 1. The lowest BCUT2D eigenvalue weighted by molar-refractivity contribution is -0.302. The summed E-state index contributed by atoms with van der Waals surface area (Å²) in [5.41, 5.74) is -1.76. The van der Waals surface area contributed by atoms with E-state index in [4.69, 9.17) is 44.8 Å². The predicted molar refractivity (Wildman–Crippen MR) is 223 cm³/mol. The summed E-state index contributed by atoms with van der Waals surface area (Å²) in [5, 5.41) is 12.4. The number of esters is 2. The van der Waals surface area contributed by atoms with Gasteiger partial charge in [0.05, 0.1) is 42.3 Å². The average Bonchev–Trinajstić information content (AvgIpc) is 3.86. The maximum absolute atomic E-state index is 14.9. The molecule has 60 heavy (non-hydrogen) atoms. The second-order valence-electron chi connectivity index (χ2n) is 18.1. The number of aliphatic hydroxyl groups is 1. The number of ether oxygens (including phenoxy) is 7. The van der Waals surface area contributed by atoms with E-state index in [9.17, 15) is 24.3 Å². The molecule has 0 aliphatic carbocycles. The highest BCUT2D eigenvalue weighted by Gasteiger charge is 2.60. The molecular weight excluding hydrogens is 796 g/mol. The molecule has 0 aromatic heterocycles. The minimum absolute atomic E-state index is 0.133. The van der Waals surface area contributed by atoms with Gasteiger partial charge in [0.2, 0.25) is 0 Å². The molecule has 1 aromatic rings. The number of fused-ring (bicyclic) bond motifs is 1. The van der Waals surface area contributed by atoms with Gasteiger partial charge < -0.3 is 43.2 Å². The third-order valence-corrected chi connectivity index (χ3v) is 14.1. The van der Waals surface area contributed by atoms with Crippen LogP contribution in [0.5, 0.6) is 0 Å². The summed E-state index contributed by atoms with van der Waals surface area (Å²) < 4.78 is 44.0. The smallest absolute Gasteiger partial charge is 0.410 e. The van der Waals surface area contributed by atoms with Crippen molar-refractivity contribution in [1.82, 2.24) is 9.80 Å². The molecule has 1 aromatic carbocycles. The number of benzene rings is 1. The standard InChI is InChI=1S/C45H69ClN2O12/c1-12-34-45(9)38(48(43(53)60-45)20-18-30-14-16-32(46)17-15-30)27(5)35(49)25(3)23-44(8,54-11)39(59-42-36(50)33(47(10)13-2)22-26(4)56-42)28(6)37(29(7)40(51)57-34)58-41(52)31-19-21-55-24-31/h14-17,25-29,31,33-34,36-39,42,50H,12-13,18-24H2,1-11H3/t25-,26-,27-,28+,29-,31?,33+,34-,36-,37+,38-,39-,42+,44+,45-/m1/s1. The highest BCUT2D eigenvalue weighted by molar-refractivity contribution is 6.30. The Morgan fingerprint density at radius 2 is 1.73 bits per heavy atom. The van der Waals surface area contributed by atoms with E-state index < -0.39 is 95.6 Å². The van der Waals surface area contributed by atoms with Crippen LogP contribution >= 0.6 is 11.6 Å². The molecule has 338 valence electrons. The van der Waals surface area contributed by atoms with Crippen LogP contribution in [0.4, 0.5) is 4.79 Å². The number of methoxy groups -OCH3 is 1. The van der Waals surface area contributed by atoms with Crippen molar-refractivity contribution in [1.29, 1.82) is 0 Å². The molecule has 4 aliphatic heterocycles. The van der Waals surface area contributed by atoms with Gasteiger partial charge >= 0.3 is 18.0 Å². The molecule has 1 unspecified atom stereocenters. The maximum atomic E-state index is 14.9. The zero-order valence-corrected chi connectivity index (χ0v) is 38.1. The molecule has 14 nitrogen and oxygen atoms in total. The fourth-order valence-electron chi connectivity index (χ4n) is 10.1. The Labute approximate surface area is 361 Å². The number of ketones is 1. The van der Waals surface area contributed by atoms with Crippen LogP contribution in [0, 0.1) is 29.6 Å². The Morgan fingerprint density at radius 3 is 2.33 bits per heavy atom. The lowest BCUT2D eigenvalue weighted by Crippen LogP contribution is -2.61. The van der Waals surface area contributed by atoms with Crippen LogP contribution in [0.3, 0.4) is 0 Å². The number of amides is 1. The first-order chi connectivity index (χ1) is 28.3. The van der Waals surface area contributed by atoms with Gasteiger partial charge in [0.1, 0.15) is 24.1 Å². The van der Waals surface area contributed by atoms with Crippen molar-refractivity contribution in [2.24, 2.45) is 29.6 Å². The first kappa shape index (κ1) is 48.2. The number of hydrogen-bond acceptors (Lipinski definition) is 13. The van der Waals surface area contributed by atoms with E-state index in [1.54, 1.807) is 37.8 Å². The van der Waals surface area contributed by atoms with E-state index in [1.165, 1.54) is 7.11 Å². The topological polar surface area (TPSA) is 160 Å². The van der Waals surface area contributed by atoms with Crippen LogP contribution in [0.1, 0.15) is 93.6 Å². The molecule has 4 fully saturated rings. The molecule has 5 rings (SSSR count). The van der Waals surface area contributed by atoms with Crippen molar-refractivity contribution in [2.75, 3.05) is 40.5 Å². The highest BCUT2D eigenvalue weighted by atomic mass is 35.5. The van der Waals surface area contributed by atoms with Crippen molar-refractivity contribution in [2.45, 2.75) is 155 Å². The van der Waals surface area contributed by atoms with E-state index in [-0.39, 0.29) is 43.9 Å². The maximum Gasteiger partial charge on any atom is 0.410 e. The van der Waals surface area contributed by atoms with E-state index in [2.05, 4.69) is 4.90 Å². The normalized spacial score (nSPS) is 39.5. The fraction of sp³-hybridized carbons (Fsp3) is 0.778. The van der Waals surface area contributed by atoms with Gasteiger partial charge in [-0.3, -0.25) is 19.3 Å². The summed E-state index contributed by atoms with van der Waals surface area (Å²) in [6, 6.07) is 6.24. The minimum atomic E-state index is -1.43. The molecule has 0 spiro atoms. The molecule has 1 N–H and O–H groups in total. The summed E-state index contributed by atoms with van der Waals surface area (Å²) in [4.78, 5) is 60.9. The van der Waals surface area contributed by atoms with E-state index >= 15 is 0 Å². The van der Waals surface area contributed by atoms with Crippen molar-refractivity contribution in [3.8, 4) is 0 Å². The van der Waals surface area contributed by atoms with Crippen molar-refractivity contribution >= 4 is 35.4 Å². The van der Waals surface area contributed by atoms with Gasteiger partial charge in [-0.2, -0.15) is 0 Å². The summed E-state index contributed by atoms with van der Waals surface area (Å²) in [5.74, 6) is -5.15. The summed E-state index contributed by atoms with van der Waals surface area (Å²) in [7, 11) is 3.47. The summed E-state index contributed by atoms with van der Waals surface area (Å²) >= 11 is 6.15. The van der Waals surface area contributed by atoms with E-state index in [0.29, 0.717) is 37.4 Å². The second-order valence-corrected chi connectivity index (χ2v) is 18.5. The number of rotatable bonds is 11. The number of Topliss-reactive ketones (excluding diaryl/α,β-unsaturated/α-hetero) is 1. The molecule has 0 radical (unpaired) electrons. The fourth-order valence-corrected chi connectivity index (χ4v) is 10.2. The second kappa shape index (κ2) is 20.1. The number of likely N-dealkylation sites (N-methyl/N-ethyl adjacent to an activating group) is 1. The van der Waals surface area contributed by atoms with Crippen LogP contribution in [0.2, 0.25) is 5.02 Å². The Kier molecular flexibility index (Phi) is 16.2. The van der Waals surface area contributed by atoms with Gasteiger partial charge in [-0.25, -0.2) is 4.79 Å². The highest BCUT2D eigenvalue weighted by Crippen LogP contribution is 2.44. The Hall–Kier alpha value is -2.85. The zero-order chi connectivity index (χ0) is 44.3. The Bertz CT molecular complexity index is 1640. The number of carbonyl (C=O) groups is 4. The molecule has 4 saturated heterocycles. The third-order valence-electron chi connectivity index (χ3n) is 13.8. The van der Waals surface area contributed by atoms with Crippen molar-refractivity contribution in [3.63, 3.8) is 0 Å². The monoisotopic (exact) mass is 864 g/mol. The number of halogens is 1. The molecule has 0 bridgehead atoms. The van der Waals surface area contributed by atoms with E-state index in [1.807, 2.05) is 60.7 Å². The molecule has 15 heteroatoms. The molecular formula is C45H69ClN2O12. The van der Waals surface area contributed by atoms with Gasteiger partial charge in [0.15, 0.2) is 11.9 Å². The first-order valence-electron chi connectivity index (χ1n) is 21.8. The number of cyclic esters (lactones) is 1. The predicted octanol–water partition coefficient (Wildman–Crippen LogP) is 5.86. The van der Waals surface area contributed by atoms with Crippen LogP contribution in [0.25, 0.3) is 0 Å². The molecule has 4 aliphatic rings. The van der Waals surface area contributed by atoms with Gasteiger partial charge in [0.25, 0.3) is 0 Å². The molecule has 15 atom stereocenters. The Morgan fingerprint density at radius 1 is 1.05 bits per heavy atom. The number of nitrogens with zero attached hydrogens (tertiary/aromatic N) is 2. The molecule has 0 saturated carbocycles. The molecule has 4 heterocycles. The SMILES string of the molecule is CC[C@H]1OC(=O)[C@H](C)[C@@H](OC(=O)C2CCOC2)[C@H](C)[C@@H](O[C@@H]2O[C@H](C)C[C@H](N(C)CC)[C@H]2O)[C@@](C)(OC)C[C@@H](C)C(=O)[C@@H](C)[C@H]2N(CCc3ccc(Cl)cc3)C(=O)O[C@]12C. The molecule has 1 amide bonds. The minimum Gasteiger partial charge on any atom is -0.461 e. The van der Waals surface area contributed by atoms with Crippen molar-refractivity contribution in [3.05, 3.63) is 34.9 Å². The van der Waals surface area contributed by atoms with Crippen LogP contribution < -0.4 is 0 Å². The number of carbonyl (C=O) groups excluding carboxylic acids is 4. The number of aliphatic hydroxyl groups excluding tert-OH is 1. The Balaban J connectivity index is 1.60. The van der Waals surface area contributed by atoms with Crippen LogP contribution in [-0.2, 0) is 54.0 Å². The van der Waals surface area contributed by atoms with E-state index in [0.717, 1.165) is 5.56 Å². The van der Waals surface area contributed by atoms with Gasteiger partial charge in [-0.15, -0.1) is 0 Å². The lowest BCUT2D eigenvalue weighted by Gasteiger charge is -2.48. The van der Waals surface area contributed by atoms with Gasteiger partial charge in [-0.05, 0) is 91.1 Å². The van der Waals surface area contributed by atoms with Crippen LogP contribution in [-0.4, -0.2) is 139 Å². The third kappa shape index (κ3) is 10.2.